The van der Waals surface area contributed by atoms with Crippen molar-refractivity contribution >= 4 is 11.4 Å². The van der Waals surface area contributed by atoms with Crippen molar-refractivity contribution in [2.75, 3.05) is 30.3 Å². The highest BCUT2D eigenvalue weighted by Crippen LogP contribution is 2.12. The second kappa shape index (κ2) is 7.93. The van der Waals surface area contributed by atoms with Crippen molar-refractivity contribution in [3.8, 4) is 0 Å². The van der Waals surface area contributed by atoms with Gasteiger partial charge in [0.25, 0.3) is 0 Å². The third-order valence-corrected chi connectivity index (χ3v) is 2.23. The minimum absolute atomic E-state index is 0.262. The Hall–Kier alpha value is -1.29. The normalized spacial score (nSPS) is 10.1. The van der Waals surface area contributed by atoms with Crippen LogP contribution < -0.4 is 10.6 Å². The molecule has 0 amide bonds. The lowest BCUT2D eigenvalue weighted by Gasteiger charge is -2.08. The fourth-order valence-electron chi connectivity index (χ4n) is 1.37. The minimum Gasteiger partial charge on any atom is -0.396 e. The number of aromatic nitrogens is 1. The largest absolute Gasteiger partial charge is 0.396 e. The molecule has 1 aromatic rings. The number of aliphatic hydroxyl groups excluding tert-OH is 1. The monoisotopic (exact) mass is 223 g/mol. The van der Waals surface area contributed by atoms with Gasteiger partial charge in [0, 0.05) is 19.7 Å². The first kappa shape index (κ1) is 12.8. The Balaban J connectivity index is 2.35. The second-order valence-electron chi connectivity index (χ2n) is 3.75. The fourth-order valence-corrected chi connectivity index (χ4v) is 1.37. The standard InChI is InChI=1S/C12H21N3O/c1-2-5-14-11-8-12(10-13-9-11)15-6-3-4-7-16/h8-10,14-16H,2-7H2,1H3. The molecule has 0 unspecified atom stereocenters. The van der Waals surface area contributed by atoms with E-state index in [0.29, 0.717) is 0 Å². The van der Waals surface area contributed by atoms with Gasteiger partial charge in [-0.2, -0.15) is 0 Å². The molecule has 0 radical (unpaired) electrons. The number of nitrogens with zero attached hydrogens (tertiary/aromatic N) is 1. The Kier molecular flexibility index (Phi) is 6.33. The summed E-state index contributed by atoms with van der Waals surface area (Å²) in [4.78, 5) is 4.16. The van der Waals surface area contributed by atoms with Gasteiger partial charge in [-0.3, -0.25) is 4.98 Å². The maximum Gasteiger partial charge on any atom is 0.0547 e. The predicted molar refractivity (Wildman–Crippen MR) is 67.8 cm³/mol. The Morgan fingerprint density at radius 2 is 1.81 bits per heavy atom. The molecular weight excluding hydrogens is 202 g/mol. The van der Waals surface area contributed by atoms with Crippen molar-refractivity contribution < 1.29 is 5.11 Å². The highest BCUT2D eigenvalue weighted by Gasteiger charge is 1.95. The van der Waals surface area contributed by atoms with E-state index in [-0.39, 0.29) is 6.61 Å². The highest BCUT2D eigenvalue weighted by atomic mass is 16.2. The molecule has 3 N–H and O–H groups in total. The molecule has 0 aromatic carbocycles. The number of aliphatic hydroxyl groups is 1. The molecule has 4 heteroatoms. The number of hydrogen-bond acceptors (Lipinski definition) is 4. The lowest BCUT2D eigenvalue weighted by atomic mass is 10.3. The van der Waals surface area contributed by atoms with Gasteiger partial charge in [-0.05, 0) is 25.3 Å². The maximum absolute atomic E-state index is 8.65. The SMILES string of the molecule is CCCNc1cncc(NCCCCO)c1. The Bertz CT molecular complexity index is 291. The molecule has 1 heterocycles. The van der Waals surface area contributed by atoms with Gasteiger partial charge in [0.2, 0.25) is 0 Å². The molecule has 4 nitrogen and oxygen atoms in total. The first-order valence-electron chi connectivity index (χ1n) is 5.90. The van der Waals surface area contributed by atoms with Crippen molar-refractivity contribution in [3.63, 3.8) is 0 Å². The van der Waals surface area contributed by atoms with Crippen LogP contribution in [0.2, 0.25) is 0 Å². The van der Waals surface area contributed by atoms with Crippen molar-refractivity contribution in [1.29, 1.82) is 0 Å². The molecule has 0 fully saturated rings. The van der Waals surface area contributed by atoms with Crippen LogP contribution in [0.5, 0.6) is 0 Å². The molecule has 0 aliphatic carbocycles. The Morgan fingerprint density at radius 3 is 2.44 bits per heavy atom. The van der Waals surface area contributed by atoms with E-state index in [0.717, 1.165) is 43.7 Å². The van der Waals surface area contributed by atoms with Gasteiger partial charge in [-0.1, -0.05) is 6.92 Å². The van der Waals surface area contributed by atoms with Crippen LogP contribution in [0, 0.1) is 0 Å². The second-order valence-corrected chi connectivity index (χ2v) is 3.75. The van der Waals surface area contributed by atoms with Crippen LogP contribution in [0.15, 0.2) is 18.5 Å². The van der Waals surface area contributed by atoms with Crippen LogP contribution in [0.1, 0.15) is 26.2 Å². The number of nitrogens with one attached hydrogen (secondary N) is 2. The zero-order valence-corrected chi connectivity index (χ0v) is 9.87. The number of rotatable bonds is 8. The molecule has 90 valence electrons. The zero-order valence-electron chi connectivity index (χ0n) is 9.87. The Morgan fingerprint density at radius 1 is 1.12 bits per heavy atom. The van der Waals surface area contributed by atoms with Gasteiger partial charge in [-0.15, -0.1) is 0 Å². The summed E-state index contributed by atoms with van der Waals surface area (Å²) in [5.41, 5.74) is 2.08. The van der Waals surface area contributed by atoms with Crippen molar-refractivity contribution in [2.45, 2.75) is 26.2 Å². The summed E-state index contributed by atoms with van der Waals surface area (Å²) in [5, 5.41) is 15.2. The molecule has 0 atom stereocenters. The van der Waals surface area contributed by atoms with Gasteiger partial charge in [0.15, 0.2) is 0 Å². The van der Waals surface area contributed by atoms with E-state index in [1.54, 1.807) is 0 Å². The van der Waals surface area contributed by atoms with Crippen LogP contribution in [-0.4, -0.2) is 29.8 Å². The summed E-state index contributed by atoms with van der Waals surface area (Å²) in [7, 11) is 0. The summed E-state index contributed by atoms with van der Waals surface area (Å²) in [6.07, 6.45) is 6.57. The molecular formula is C12H21N3O. The first-order chi connectivity index (χ1) is 7.86. The lowest BCUT2D eigenvalue weighted by Crippen LogP contribution is -2.04. The quantitative estimate of drug-likeness (QED) is 0.591. The number of hydrogen-bond donors (Lipinski definition) is 3. The average Bonchev–Trinajstić information content (AvgIpc) is 2.33. The maximum atomic E-state index is 8.65. The molecule has 0 saturated heterocycles. The molecule has 0 bridgehead atoms. The first-order valence-corrected chi connectivity index (χ1v) is 5.90. The molecule has 0 aliphatic heterocycles. The van der Waals surface area contributed by atoms with Crippen molar-refractivity contribution in [3.05, 3.63) is 18.5 Å². The van der Waals surface area contributed by atoms with Crippen LogP contribution in [0.3, 0.4) is 0 Å². The van der Waals surface area contributed by atoms with E-state index in [1.165, 1.54) is 0 Å². The van der Waals surface area contributed by atoms with E-state index in [4.69, 9.17) is 5.11 Å². The van der Waals surface area contributed by atoms with Crippen LogP contribution in [0.25, 0.3) is 0 Å². The van der Waals surface area contributed by atoms with Gasteiger partial charge in [0.05, 0.1) is 23.8 Å². The number of unbranched alkanes of at least 4 members (excludes halogenated alkanes) is 1. The van der Waals surface area contributed by atoms with Crippen LogP contribution in [0.4, 0.5) is 11.4 Å². The topological polar surface area (TPSA) is 57.2 Å². The lowest BCUT2D eigenvalue weighted by molar-refractivity contribution is 0.286. The van der Waals surface area contributed by atoms with Gasteiger partial charge in [0.1, 0.15) is 0 Å². The van der Waals surface area contributed by atoms with Gasteiger partial charge >= 0.3 is 0 Å². The average molecular weight is 223 g/mol. The predicted octanol–water partition coefficient (Wildman–Crippen LogP) is 2.09. The number of anilines is 2. The van der Waals surface area contributed by atoms with Crippen molar-refractivity contribution in [1.82, 2.24) is 4.98 Å². The molecule has 0 aliphatic rings. The van der Waals surface area contributed by atoms with Crippen LogP contribution >= 0.6 is 0 Å². The fraction of sp³-hybridized carbons (Fsp3) is 0.583. The zero-order chi connectivity index (χ0) is 11.6. The minimum atomic E-state index is 0.262. The number of pyridine rings is 1. The summed E-state index contributed by atoms with van der Waals surface area (Å²) in [6, 6.07) is 2.06. The molecule has 16 heavy (non-hydrogen) atoms. The summed E-state index contributed by atoms with van der Waals surface area (Å²) in [6.45, 7) is 4.24. The molecule has 0 spiro atoms. The van der Waals surface area contributed by atoms with E-state index in [2.05, 4.69) is 28.6 Å². The summed E-state index contributed by atoms with van der Waals surface area (Å²) < 4.78 is 0. The van der Waals surface area contributed by atoms with E-state index >= 15 is 0 Å². The van der Waals surface area contributed by atoms with E-state index < -0.39 is 0 Å². The van der Waals surface area contributed by atoms with E-state index in [9.17, 15) is 0 Å². The third-order valence-electron chi connectivity index (χ3n) is 2.23. The van der Waals surface area contributed by atoms with Gasteiger partial charge in [-0.25, -0.2) is 0 Å². The smallest absolute Gasteiger partial charge is 0.0547 e. The summed E-state index contributed by atoms with van der Waals surface area (Å²) >= 11 is 0. The highest BCUT2D eigenvalue weighted by molar-refractivity contribution is 5.53. The van der Waals surface area contributed by atoms with Gasteiger partial charge < -0.3 is 15.7 Å². The van der Waals surface area contributed by atoms with Crippen molar-refractivity contribution in [2.24, 2.45) is 0 Å². The molecule has 0 saturated carbocycles. The van der Waals surface area contributed by atoms with E-state index in [1.807, 2.05) is 12.4 Å². The summed E-state index contributed by atoms with van der Waals surface area (Å²) in [5.74, 6) is 0. The molecule has 1 rings (SSSR count). The Labute approximate surface area is 97.1 Å². The third kappa shape index (κ3) is 4.98. The molecule has 1 aromatic heterocycles. The van der Waals surface area contributed by atoms with Crippen LogP contribution in [-0.2, 0) is 0 Å².